The number of aliphatic hydroxyl groups is 1. The molecule has 0 fully saturated rings. The van der Waals surface area contributed by atoms with Gasteiger partial charge < -0.3 is 24.2 Å². The van der Waals surface area contributed by atoms with Crippen LogP contribution in [0.1, 0.15) is 17.3 Å². The molecule has 1 unspecified atom stereocenters. The number of hydrogen-bond donors (Lipinski definition) is 1. The minimum atomic E-state index is -0.917. The van der Waals surface area contributed by atoms with Crippen molar-refractivity contribution >= 4 is 23.2 Å². The summed E-state index contributed by atoms with van der Waals surface area (Å²) in [7, 11) is 1.57. The molecule has 3 aromatic rings. The number of aliphatic hydroxyl groups excluding tert-OH is 1. The van der Waals surface area contributed by atoms with Gasteiger partial charge in [-0.2, -0.15) is 0 Å². The van der Waals surface area contributed by atoms with Gasteiger partial charge in [-0.15, -0.1) is 0 Å². The smallest absolute Gasteiger partial charge is 0.258 e. The summed E-state index contributed by atoms with van der Waals surface area (Å²) < 4.78 is 16.3. The highest BCUT2D eigenvalue weighted by molar-refractivity contribution is 6.30. The maximum atomic E-state index is 13.3. The Bertz CT molecular complexity index is 990. The van der Waals surface area contributed by atoms with Crippen molar-refractivity contribution in [2.24, 2.45) is 0 Å². The van der Waals surface area contributed by atoms with E-state index in [-0.39, 0.29) is 19.1 Å². The number of rotatable bonds is 10. The van der Waals surface area contributed by atoms with Crippen LogP contribution >= 0.6 is 11.6 Å². The Morgan fingerprint density at radius 2 is 1.47 bits per heavy atom. The van der Waals surface area contributed by atoms with E-state index in [0.29, 0.717) is 40.1 Å². The first-order valence-corrected chi connectivity index (χ1v) is 10.6. The fourth-order valence-electron chi connectivity index (χ4n) is 3.07. The van der Waals surface area contributed by atoms with Crippen molar-refractivity contribution in [3.8, 4) is 17.2 Å². The molecule has 3 aromatic carbocycles. The van der Waals surface area contributed by atoms with E-state index < -0.39 is 6.10 Å². The summed E-state index contributed by atoms with van der Waals surface area (Å²) in [4.78, 5) is 14.8. The van der Waals surface area contributed by atoms with Crippen LogP contribution in [0.3, 0.4) is 0 Å². The minimum Gasteiger partial charge on any atom is -0.497 e. The zero-order valence-corrected chi connectivity index (χ0v) is 18.8. The van der Waals surface area contributed by atoms with E-state index >= 15 is 0 Å². The third-order valence-electron chi connectivity index (χ3n) is 4.69. The molecule has 0 radical (unpaired) electrons. The molecule has 1 N–H and O–H groups in total. The van der Waals surface area contributed by atoms with E-state index in [9.17, 15) is 9.90 Å². The van der Waals surface area contributed by atoms with Crippen LogP contribution in [-0.2, 0) is 0 Å². The molecule has 3 rings (SSSR count). The van der Waals surface area contributed by atoms with Crippen molar-refractivity contribution in [3.63, 3.8) is 0 Å². The van der Waals surface area contributed by atoms with E-state index in [1.807, 2.05) is 6.92 Å². The van der Waals surface area contributed by atoms with Gasteiger partial charge in [-0.05, 0) is 79.7 Å². The Morgan fingerprint density at radius 1 is 0.906 bits per heavy atom. The molecule has 7 heteroatoms. The SMILES string of the molecule is CCOc1ccc(N(CC(O)COc2ccc(Cl)cc2)C(=O)c2ccc(OC)cc2)cc1. The van der Waals surface area contributed by atoms with E-state index in [1.165, 1.54) is 4.90 Å². The summed E-state index contributed by atoms with van der Waals surface area (Å²) >= 11 is 5.89. The van der Waals surface area contributed by atoms with Gasteiger partial charge >= 0.3 is 0 Å². The highest BCUT2D eigenvalue weighted by atomic mass is 35.5. The van der Waals surface area contributed by atoms with Gasteiger partial charge in [0.15, 0.2) is 0 Å². The molecule has 1 amide bonds. The van der Waals surface area contributed by atoms with Gasteiger partial charge in [0.1, 0.15) is 30.0 Å². The molecule has 0 heterocycles. The molecular formula is C25H26ClNO5. The molecule has 0 saturated heterocycles. The van der Waals surface area contributed by atoms with E-state index in [1.54, 1.807) is 79.9 Å². The minimum absolute atomic E-state index is 0.0189. The first kappa shape index (κ1) is 23.4. The third kappa shape index (κ3) is 6.39. The number of methoxy groups -OCH3 is 1. The zero-order chi connectivity index (χ0) is 22.9. The summed E-state index contributed by atoms with van der Waals surface area (Å²) in [5.74, 6) is 1.70. The van der Waals surface area contributed by atoms with Gasteiger partial charge in [-0.1, -0.05) is 11.6 Å². The summed E-state index contributed by atoms with van der Waals surface area (Å²) in [5.41, 5.74) is 1.12. The van der Waals surface area contributed by atoms with Crippen molar-refractivity contribution in [2.75, 3.05) is 31.8 Å². The second-order valence-corrected chi connectivity index (χ2v) is 7.43. The molecule has 0 aromatic heterocycles. The van der Waals surface area contributed by atoms with Crippen molar-refractivity contribution in [3.05, 3.63) is 83.4 Å². The van der Waals surface area contributed by atoms with Crippen LogP contribution in [0, 0.1) is 0 Å². The summed E-state index contributed by atoms with van der Waals surface area (Å²) in [5, 5.41) is 11.2. The lowest BCUT2D eigenvalue weighted by molar-refractivity contribution is 0.0906. The van der Waals surface area contributed by atoms with E-state index in [2.05, 4.69) is 0 Å². The quantitative estimate of drug-likeness (QED) is 0.474. The Morgan fingerprint density at radius 3 is 2.06 bits per heavy atom. The number of anilines is 1. The topological polar surface area (TPSA) is 68.2 Å². The average Bonchev–Trinajstić information content (AvgIpc) is 2.82. The lowest BCUT2D eigenvalue weighted by Gasteiger charge is -2.26. The Balaban J connectivity index is 1.76. The highest BCUT2D eigenvalue weighted by Crippen LogP contribution is 2.23. The van der Waals surface area contributed by atoms with Gasteiger partial charge in [-0.25, -0.2) is 0 Å². The van der Waals surface area contributed by atoms with Crippen LogP contribution in [0.4, 0.5) is 5.69 Å². The second kappa shape index (κ2) is 11.4. The van der Waals surface area contributed by atoms with Crippen LogP contribution in [0.15, 0.2) is 72.8 Å². The largest absolute Gasteiger partial charge is 0.497 e. The second-order valence-electron chi connectivity index (χ2n) is 6.99. The molecule has 0 bridgehead atoms. The predicted molar refractivity (Wildman–Crippen MR) is 125 cm³/mol. The lowest BCUT2D eigenvalue weighted by Crippen LogP contribution is -2.40. The zero-order valence-electron chi connectivity index (χ0n) is 18.0. The number of carbonyl (C=O) groups is 1. The first-order chi connectivity index (χ1) is 15.5. The fourth-order valence-corrected chi connectivity index (χ4v) is 3.20. The maximum absolute atomic E-state index is 13.3. The molecule has 6 nitrogen and oxygen atoms in total. The summed E-state index contributed by atoms with van der Waals surface area (Å²) in [6.45, 7) is 2.52. The number of hydrogen-bond acceptors (Lipinski definition) is 5. The number of carbonyl (C=O) groups excluding carboxylic acids is 1. The summed E-state index contributed by atoms with van der Waals surface area (Å²) in [6, 6.07) is 20.9. The number of benzene rings is 3. The van der Waals surface area contributed by atoms with Crippen molar-refractivity contribution in [2.45, 2.75) is 13.0 Å². The molecule has 1 atom stereocenters. The molecule has 0 aliphatic rings. The molecule has 0 aliphatic carbocycles. The first-order valence-electron chi connectivity index (χ1n) is 10.3. The normalized spacial score (nSPS) is 11.5. The lowest BCUT2D eigenvalue weighted by atomic mass is 10.1. The van der Waals surface area contributed by atoms with Gasteiger partial charge in [0.25, 0.3) is 5.91 Å². The Kier molecular flexibility index (Phi) is 8.36. The maximum Gasteiger partial charge on any atom is 0.258 e. The molecule has 0 saturated carbocycles. The van der Waals surface area contributed by atoms with E-state index in [0.717, 1.165) is 0 Å². The van der Waals surface area contributed by atoms with Crippen molar-refractivity contribution < 1.29 is 24.1 Å². The fraction of sp³-hybridized carbons (Fsp3) is 0.240. The van der Waals surface area contributed by atoms with Crippen molar-refractivity contribution in [1.82, 2.24) is 0 Å². The Hall–Kier alpha value is -3.22. The summed E-state index contributed by atoms with van der Waals surface area (Å²) in [6.07, 6.45) is -0.917. The third-order valence-corrected chi connectivity index (χ3v) is 4.94. The number of halogens is 1. The van der Waals surface area contributed by atoms with Crippen molar-refractivity contribution in [1.29, 1.82) is 0 Å². The molecular weight excluding hydrogens is 430 g/mol. The molecule has 0 aliphatic heterocycles. The van der Waals surface area contributed by atoms with Gasteiger partial charge in [0, 0.05) is 16.3 Å². The number of nitrogens with zero attached hydrogens (tertiary/aromatic N) is 1. The van der Waals surface area contributed by atoms with Crippen LogP contribution in [0.25, 0.3) is 0 Å². The van der Waals surface area contributed by atoms with E-state index in [4.69, 9.17) is 25.8 Å². The standard InChI is InChI=1S/C25H26ClNO5/c1-3-31-23-14-8-20(9-15-23)27(25(29)18-4-10-22(30-2)11-5-18)16-21(28)17-32-24-12-6-19(26)7-13-24/h4-15,21,28H,3,16-17H2,1-2H3. The highest BCUT2D eigenvalue weighted by Gasteiger charge is 2.22. The van der Waals surface area contributed by atoms with Crippen LogP contribution in [-0.4, -0.2) is 44.0 Å². The van der Waals surface area contributed by atoms with Crippen LogP contribution < -0.4 is 19.1 Å². The predicted octanol–water partition coefficient (Wildman–Crippen LogP) is 4.83. The molecule has 32 heavy (non-hydrogen) atoms. The Labute approximate surface area is 192 Å². The molecule has 0 spiro atoms. The number of ether oxygens (including phenoxy) is 3. The molecule has 168 valence electrons. The van der Waals surface area contributed by atoms with Gasteiger partial charge in [0.2, 0.25) is 0 Å². The van der Waals surface area contributed by atoms with Crippen LogP contribution in [0.5, 0.6) is 17.2 Å². The average molecular weight is 456 g/mol. The number of amides is 1. The van der Waals surface area contributed by atoms with Gasteiger partial charge in [0.05, 0.1) is 20.3 Å². The van der Waals surface area contributed by atoms with Gasteiger partial charge in [-0.3, -0.25) is 4.79 Å². The van der Waals surface area contributed by atoms with Crippen LogP contribution in [0.2, 0.25) is 5.02 Å². The monoisotopic (exact) mass is 455 g/mol.